The van der Waals surface area contributed by atoms with Gasteiger partial charge in [-0.3, -0.25) is 0 Å². The summed E-state index contributed by atoms with van der Waals surface area (Å²) in [5.74, 6) is 0.495. The standard InChI is InChI=1S/C13H21N3O/c14-13(8-17,10-5-6-10)7-16-9-15-11-3-1-2-4-12(11)16/h9-10,17H,1-8,14H2. The fourth-order valence-corrected chi connectivity index (χ4v) is 2.95. The van der Waals surface area contributed by atoms with Gasteiger partial charge in [0.1, 0.15) is 0 Å². The maximum Gasteiger partial charge on any atom is 0.0952 e. The normalized spacial score (nSPS) is 23.2. The summed E-state index contributed by atoms with van der Waals surface area (Å²) in [4.78, 5) is 4.48. The van der Waals surface area contributed by atoms with E-state index in [-0.39, 0.29) is 6.61 Å². The van der Waals surface area contributed by atoms with Gasteiger partial charge in [0.2, 0.25) is 0 Å². The molecule has 94 valence electrons. The third kappa shape index (κ3) is 2.00. The quantitative estimate of drug-likeness (QED) is 0.813. The monoisotopic (exact) mass is 235 g/mol. The summed E-state index contributed by atoms with van der Waals surface area (Å²) < 4.78 is 2.18. The van der Waals surface area contributed by atoms with Gasteiger partial charge in [0.25, 0.3) is 0 Å². The second-order valence-electron chi connectivity index (χ2n) is 5.64. The van der Waals surface area contributed by atoms with E-state index in [4.69, 9.17) is 5.73 Å². The van der Waals surface area contributed by atoms with Crippen molar-refractivity contribution in [2.24, 2.45) is 11.7 Å². The van der Waals surface area contributed by atoms with Crippen molar-refractivity contribution in [3.8, 4) is 0 Å². The summed E-state index contributed by atoms with van der Waals surface area (Å²) in [6.07, 6.45) is 8.95. The Bertz CT molecular complexity index is 411. The number of aliphatic hydroxyl groups is 1. The number of aryl methyl sites for hydroxylation is 1. The molecule has 0 radical (unpaired) electrons. The fourth-order valence-electron chi connectivity index (χ4n) is 2.95. The lowest BCUT2D eigenvalue weighted by molar-refractivity contribution is 0.158. The van der Waals surface area contributed by atoms with Crippen LogP contribution in [0.15, 0.2) is 6.33 Å². The van der Waals surface area contributed by atoms with Crippen molar-refractivity contribution in [2.45, 2.75) is 50.6 Å². The van der Waals surface area contributed by atoms with Crippen molar-refractivity contribution in [3.05, 3.63) is 17.7 Å². The molecule has 0 aromatic carbocycles. The number of aromatic nitrogens is 2. The topological polar surface area (TPSA) is 64.1 Å². The Balaban J connectivity index is 1.82. The van der Waals surface area contributed by atoms with Crippen molar-refractivity contribution in [1.82, 2.24) is 9.55 Å². The van der Waals surface area contributed by atoms with Gasteiger partial charge in [0, 0.05) is 12.2 Å². The number of hydrogen-bond acceptors (Lipinski definition) is 3. The Labute approximate surface area is 102 Å². The van der Waals surface area contributed by atoms with Crippen LogP contribution in [0, 0.1) is 5.92 Å². The van der Waals surface area contributed by atoms with Crippen LogP contribution in [-0.4, -0.2) is 26.8 Å². The minimum absolute atomic E-state index is 0.0740. The van der Waals surface area contributed by atoms with E-state index in [2.05, 4.69) is 9.55 Å². The van der Waals surface area contributed by atoms with Crippen LogP contribution >= 0.6 is 0 Å². The zero-order valence-electron chi connectivity index (χ0n) is 10.2. The maximum atomic E-state index is 9.54. The molecule has 2 aliphatic rings. The molecule has 4 nitrogen and oxygen atoms in total. The number of aliphatic hydroxyl groups excluding tert-OH is 1. The lowest BCUT2D eigenvalue weighted by Gasteiger charge is -2.29. The van der Waals surface area contributed by atoms with E-state index in [1.54, 1.807) is 0 Å². The lowest BCUT2D eigenvalue weighted by atomic mass is 9.94. The van der Waals surface area contributed by atoms with Crippen LogP contribution in [0.3, 0.4) is 0 Å². The van der Waals surface area contributed by atoms with Crippen LogP contribution in [-0.2, 0) is 19.4 Å². The molecule has 0 saturated heterocycles. The Morgan fingerprint density at radius 2 is 2.18 bits per heavy atom. The van der Waals surface area contributed by atoms with Gasteiger partial charge < -0.3 is 15.4 Å². The second kappa shape index (κ2) is 4.10. The summed E-state index contributed by atoms with van der Waals surface area (Å²) >= 11 is 0. The molecule has 1 fully saturated rings. The highest BCUT2D eigenvalue weighted by Crippen LogP contribution is 2.39. The minimum Gasteiger partial charge on any atom is -0.394 e. The molecule has 1 aromatic heterocycles. The molecular weight excluding hydrogens is 214 g/mol. The number of imidazole rings is 1. The maximum absolute atomic E-state index is 9.54. The summed E-state index contributed by atoms with van der Waals surface area (Å²) in [5, 5.41) is 9.54. The molecule has 17 heavy (non-hydrogen) atoms. The number of fused-ring (bicyclic) bond motifs is 1. The van der Waals surface area contributed by atoms with Gasteiger partial charge in [-0.05, 0) is 44.4 Å². The van der Waals surface area contributed by atoms with Crippen LogP contribution in [0.5, 0.6) is 0 Å². The van der Waals surface area contributed by atoms with E-state index in [9.17, 15) is 5.11 Å². The van der Waals surface area contributed by atoms with Crippen LogP contribution < -0.4 is 5.73 Å². The highest BCUT2D eigenvalue weighted by atomic mass is 16.3. The molecule has 1 atom stereocenters. The number of hydrogen-bond donors (Lipinski definition) is 2. The Morgan fingerprint density at radius 3 is 2.88 bits per heavy atom. The van der Waals surface area contributed by atoms with Gasteiger partial charge in [-0.2, -0.15) is 0 Å². The van der Waals surface area contributed by atoms with E-state index in [1.807, 2.05) is 6.33 Å². The van der Waals surface area contributed by atoms with Crippen LogP contribution in [0.2, 0.25) is 0 Å². The molecule has 0 bridgehead atoms. The molecule has 0 amide bonds. The highest BCUT2D eigenvalue weighted by molar-refractivity contribution is 5.17. The first-order valence-electron chi connectivity index (χ1n) is 6.65. The van der Waals surface area contributed by atoms with Gasteiger partial charge in [-0.15, -0.1) is 0 Å². The Kier molecular flexibility index (Phi) is 2.71. The average molecular weight is 235 g/mol. The predicted octanol–water partition coefficient (Wildman–Crippen LogP) is 0.862. The molecule has 4 heteroatoms. The van der Waals surface area contributed by atoms with Gasteiger partial charge >= 0.3 is 0 Å². The third-order valence-electron chi connectivity index (χ3n) is 4.26. The van der Waals surface area contributed by atoms with E-state index < -0.39 is 5.54 Å². The first-order valence-corrected chi connectivity index (χ1v) is 6.65. The van der Waals surface area contributed by atoms with Crippen molar-refractivity contribution in [3.63, 3.8) is 0 Å². The lowest BCUT2D eigenvalue weighted by Crippen LogP contribution is -2.49. The summed E-state index contributed by atoms with van der Waals surface area (Å²) in [6.45, 7) is 0.793. The molecule has 1 saturated carbocycles. The van der Waals surface area contributed by atoms with Gasteiger partial charge in [-0.1, -0.05) is 0 Å². The summed E-state index contributed by atoms with van der Waals surface area (Å²) in [7, 11) is 0. The molecule has 3 N–H and O–H groups in total. The van der Waals surface area contributed by atoms with E-state index in [0.29, 0.717) is 5.92 Å². The zero-order valence-corrected chi connectivity index (χ0v) is 10.2. The number of rotatable bonds is 4. The largest absolute Gasteiger partial charge is 0.394 e. The van der Waals surface area contributed by atoms with Gasteiger partial charge in [0.15, 0.2) is 0 Å². The van der Waals surface area contributed by atoms with E-state index >= 15 is 0 Å². The molecule has 1 heterocycles. The Hall–Kier alpha value is -0.870. The fraction of sp³-hybridized carbons (Fsp3) is 0.769. The van der Waals surface area contributed by atoms with Crippen LogP contribution in [0.4, 0.5) is 0 Å². The first kappa shape index (κ1) is 11.2. The number of nitrogens with two attached hydrogens (primary N) is 1. The Morgan fingerprint density at radius 1 is 1.41 bits per heavy atom. The minimum atomic E-state index is -0.439. The van der Waals surface area contributed by atoms with Gasteiger partial charge in [-0.25, -0.2) is 4.98 Å². The molecule has 0 aliphatic heterocycles. The predicted molar refractivity (Wildman–Crippen MR) is 65.6 cm³/mol. The molecule has 3 rings (SSSR count). The molecule has 0 spiro atoms. The van der Waals surface area contributed by atoms with Crippen LogP contribution in [0.1, 0.15) is 37.1 Å². The third-order valence-corrected chi connectivity index (χ3v) is 4.26. The van der Waals surface area contributed by atoms with Crippen molar-refractivity contribution in [2.75, 3.05) is 6.61 Å². The molecule has 1 aromatic rings. The van der Waals surface area contributed by atoms with E-state index in [0.717, 1.165) is 32.2 Å². The van der Waals surface area contributed by atoms with Gasteiger partial charge in [0.05, 0.1) is 24.2 Å². The van der Waals surface area contributed by atoms with Crippen molar-refractivity contribution < 1.29 is 5.11 Å². The van der Waals surface area contributed by atoms with E-state index in [1.165, 1.54) is 24.2 Å². The second-order valence-corrected chi connectivity index (χ2v) is 5.64. The molecule has 1 unspecified atom stereocenters. The first-order chi connectivity index (χ1) is 8.23. The summed E-state index contributed by atoms with van der Waals surface area (Å²) in [6, 6.07) is 0. The zero-order chi connectivity index (χ0) is 11.9. The molecule has 2 aliphatic carbocycles. The number of nitrogens with zero attached hydrogens (tertiary/aromatic N) is 2. The van der Waals surface area contributed by atoms with Crippen molar-refractivity contribution in [1.29, 1.82) is 0 Å². The average Bonchev–Trinajstić information content (AvgIpc) is 3.14. The van der Waals surface area contributed by atoms with Crippen LogP contribution in [0.25, 0.3) is 0 Å². The SMILES string of the molecule is NC(CO)(Cn1cnc2c1CCCC2)C1CC1. The highest BCUT2D eigenvalue weighted by Gasteiger charge is 2.42. The smallest absolute Gasteiger partial charge is 0.0952 e. The summed E-state index contributed by atoms with van der Waals surface area (Å²) in [5.41, 5.74) is 8.48. The molecular formula is C13H21N3O. The van der Waals surface area contributed by atoms with Crippen molar-refractivity contribution >= 4 is 0 Å².